The van der Waals surface area contributed by atoms with Crippen LogP contribution in [0.15, 0.2) is 35.4 Å². The average Bonchev–Trinajstić information content (AvgIpc) is 2.70. The monoisotopic (exact) mass is 264 g/mol. The van der Waals surface area contributed by atoms with Crippen LogP contribution < -0.4 is 11.2 Å². The Morgan fingerprint density at radius 1 is 1.21 bits per heavy atom. The van der Waals surface area contributed by atoms with Gasteiger partial charge in [-0.1, -0.05) is 6.07 Å². The zero-order chi connectivity index (χ0) is 14.0. The molecule has 1 heterocycles. The summed E-state index contributed by atoms with van der Waals surface area (Å²) in [6, 6.07) is 3.78. The molecule has 0 spiro atoms. The van der Waals surface area contributed by atoms with Crippen LogP contribution >= 0.6 is 0 Å². The van der Waals surface area contributed by atoms with Crippen molar-refractivity contribution in [2.75, 3.05) is 0 Å². The number of aryl methyl sites for hydroxylation is 1. The molecule has 1 aromatic carbocycles. The minimum Gasteiger partial charge on any atom is -0.423 e. The first-order chi connectivity index (χ1) is 9.01. The molecule has 2 rings (SSSR count). The van der Waals surface area contributed by atoms with Crippen LogP contribution in [0, 0.1) is 5.82 Å². The van der Waals surface area contributed by atoms with Crippen LogP contribution in [-0.2, 0) is 13.1 Å². The maximum absolute atomic E-state index is 13.3. The summed E-state index contributed by atoms with van der Waals surface area (Å²) < 4.78 is 16.3. The third-order valence-corrected chi connectivity index (χ3v) is 2.89. The van der Waals surface area contributed by atoms with Crippen molar-refractivity contribution < 1.29 is 14.4 Å². The van der Waals surface area contributed by atoms with Crippen LogP contribution in [0.2, 0.25) is 0 Å². The molecule has 0 amide bonds. The van der Waals surface area contributed by atoms with E-state index in [1.54, 1.807) is 12.4 Å². The van der Waals surface area contributed by atoms with Crippen molar-refractivity contribution in [3.8, 4) is 0 Å². The van der Waals surface area contributed by atoms with E-state index in [1.165, 1.54) is 21.3 Å². The second kappa shape index (κ2) is 5.42. The Bertz CT molecular complexity index is 636. The Morgan fingerprint density at radius 2 is 1.89 bits per heavy atom. The largest absolute Gasteiger partial charge is 0.488 e. The Kier molecular flexibility index (Phi) is 3.87. The summed E-state index contributed by atoms with van der Waals surface area (Å²) in [6.07, 6.45) is 3.27. The normalized spacial score (nSPS) is 10.7. The van der Waals surface area contributed by atoms with Gasteiger partial charge in [0.25, 0.3) is 0 Å². The van der Waals surface area contributed by atoms with Crippen LogP contribution in [-0.4, -0.2) is 26.3 Å². The van der Waals surface area contributed by atoms with Crippen LogP contribution in [0.25, 0.3) is 0 Å². The molecule has 0 aliphatic carbocycles. The maximum atomic E-state index is 13.3. The zero-order valence-electron chi connectivity index (χ0n) is 10.5. The van der Waals surface area contributed by atoms with Crippen molar-refractivity contribution >= 4 is 12.6 Å². The predicted octanol–water partition coefficient (Wildman–Crippen LogP) is -0.463. The molecule has 5 nitrogen and oxygen atoms in total. The molecule has 0 fully saturated rings. The molecule has 1 aromatic heterocycles. The molecule has 100 valence electrons. The highest BCUT2D eigenvalue weighted by Gasteiger charge is 2.13. The quantitative estimate of drug-likeness (QED) is 0.734. The lowest BCUT2D eigenvalue weighted by atomic mass is 9.79. The summed E-state index contributed by atoms with van der Waals surface area (Å²) in [5.74, 6) is -0.566. The number of rotatable bonds is 4. The summed E-state index contributed by atoms with van der Waals surface area (Å²) in [7, 11) is -1.73. The number of aromatic nitrogens is 2. The summed E-state index contributed by atoms with van der Waals surface area (Å²) in [6.45, 7) is 2.60. The molecule has 7 heteroatoms. The molecule has 19 heavy (non-hydrogen) atoms. The van der Waals surface area contributed by atoms with Crippen molar-refractivity contribution in [3.63, 3.8) is 0 Å². The second-order valence-corrected chi connectivity index (χ2v) is 4.26. The molecule has 0 saturated carbocycles. The number of halogens is 1. The smallest absolute Gasteiger partial charge is 0.423 e. The van der Waals surface area contributed by atoms with Crippen molar-refractivity contribution in [3.05, 3.63) is 52.5 Å². The van der Waals surface area contributed by atoms with Crippen molar-refractivity contribution in [2.24, 2.45) is 0 Å². The van der Waals surface area contributed by atoms with Gasteiger partial charge in [0.1, 0.15) is 5.82 Å². The summed E-state index contributed by atoms with van der Waals surface area (Å²) in [5, 5.41) is 18.1. The highest BCUT2D eigenvalue weighted by atomic mass is 19.1. The molecular weight excluding hydrogens is 250 g/mol. The summed E-state index contributed by atoms with van der Waals surface area (Å²) in [5.41, 5.74) is 0.384. The Hall–Kier alpha value is -1.86. The van der Waals surface area contributed by atoms with Crippen molar-refractivity contribution in [2.45, 2.75) is 20.0 Å². The van der Waals surface area contributed by atoms with E-state index in [1.807, 2.05) is 6.92 Å². The van der Waals surface area contributed by atoms with Crippen LogP contribution in [0.3, 0.4) is 0 Å². The molecule has 2 N–H and O–H groups in total. The van der Waals surface area contributed by atoms with Gasteiger partial charge in [0.05, 0.1) is 6.54 Å². The Morgan fingerprint density at radius 3 is 2.47 bits per heavy atom. The van der Waals surface area contributed by atoms with E-state index in [0.717, 1.165) is 6.07 Å². The molecule has 0 saturated heterocycles. The lowest BCUT2D eigenvalue weighted by Crippen LogP contribution is -2.31. The number of imidazole rings is 1. The Balaban J connectivity index is 2.32. The number of nitrogens with zero attached hydrogens (tertiary/aromatic N) is 2. The standard InChI is InChI=1S/C12H14BFN2O3/c1-2-15-3-4-16(12(15)17)8-9-5-10(13(18)19)7-11(14)6-9/h3-7,18-19H,2,8H2,1H3. The van der Waals surface area contributed by atoms with E-state index in [2.05, 4.69) is 0 Å². The maximum Gasteiger partial charge on any atom is 0.488 e. The van der Waals surface area contributed by atoms with Gasteiger partial charge in [-0.15, -0.1) is 0 Å². The minimum atomic E-state index is -1.73. The second-order valence-electron chi connectivity index (χ2n) is 4.26. The van der Waals surface area contributed by atoms with Gasteiger partial charge in [-0.25, -0.2) is 9.18 Å². The summed E-state index contributed by atoms with van der Waals surface area (Å²) >= 11 is 0. The van der Waals surface area contributed by atoms with Gasteiger partial charge in [0.2, 0.25) is 0 Å². The lowest BCUT2D eigenvalue weighted by molar-refractivity contribution is 0.425. The third kappa shape index (κ3) is 2.94. The van der Waals surface area contributed by atoms with Gasteiger partial charge in [-0.2, -0.15) is 0 Å². The van der Waals surface area contributed by atoms with Gasteiger partial charge >= 0.3 is 12.8 Å². The van der Waals surface area contributed by atoms with E-state index < -0.39 is 12.9 Å². The third-order valence-electron chi connectivity index (χ3n) is 2.89. The van der Waals surface area contributed by atoms with Crippen LogP contribution in [0.4, 0.5) is 4.39 Å². The molecule has 0 atom stereocenters. The van der Waals surface area contributed by atoms with E-state index in [-0.39, 0.29) is 17.7 Å². The number of benzene rings is 1. The predicted molar refractivity (Wildman–Crippen MR) is 69.7 cm³/mol. The van der Waals surface area contributed by atoms with Crippen LogP contribution in [0.1, 0.15) is 12.5 Å². The zero-order valence-corrected chi connectivity index (χ0v) is 10.5. The first-order valence-electron chi connectivity index (χ1n) is 5.92. The van der Waals surface area contributed by atoms with Gasteiger partial charge in [-0.05, 0) is 30.1 Å². The molecular formula is C12H14BFN2O3. The number of hydrogen-bond acceptors (Lipinski definition) is 3. The molecule has 0 unspecified atom stereocenters. The van der Waals surface area contributed by atoms with E-state index in [0.29, 0.717) is 12.1 Å². The molecule has 0 aliphatic heterocycles. The van der Waals surface area contributed by atoms with Gasteiger partial charge < -0.3 is 10.0 Å². The fourth-order valence-corrected chi connectivity index (χ4v) is 1.93. The molecule has 2 aromatic rings. The summed E-state index contributed by atoms with van der Waals surface area (Å²) in [4.78, 5) is 11.8. The van der Waals surface area contributed by atoms with Crippen LogP contribution in [0.5, 0.6) is 0 Å². The molecule has 0 aliphatic rings. The Labute approximate surface area is 109 Å². The van der Waals surface area contributed by atoms with Gasteiger partial charge in [0.15, 0.2) is 0 Å². The van der Waals surface area contributed by atoms with E-state index >= 15 is 0 Å². The van der Waals surface area contributed by atoms with Gasteiger partial charge in [0, 0.05) is 18.9 Å². The average molecular weight is 264 g/mol. The SMILES string of the molecule is CCn1ccn(Cc2cc(F)cc(B(O)O)c2)c1=O. The van der Waals surface area contributed by atoms with Gasteiger partial charge in [-0.3, -0.25) is 9.13 Å². The first-order valence-corrected chi connectivity index (χ1v) is 5.92. The number of hydrogen-bond donors (Lipinski definition) is 2. The fourth-order valence-electron chi connectivity index (χ4n) is 1.93. The lowest BCUT2D eigenvalue weighted by Gasteiger charge is -2.06. The van der Waals surface area contributed by atoms with E-state index in [9.17, 15) is 9.18 Å². The molecule has 0 bridgehead atoms. The highest BCUT2D eigenvalue weighted by molar-refractivity contribution is 6.58. The fraction of sp³-hybridized carbons (Fsp3) is 0.250. The minimum absolute atomic E-state index is 0.0676. The topological polar surface area (TPSA) is 67.4 Å². The van der Waals surface area contributed by atoms with E-state index in [4.69, 9.17) is 10.0 Å². The molecule has 0 radical (unpaired) electrons. The van der Waals surface area contributed by atoms with Crippen molar-refractivity contribution in [1.29, 1.82) is 0 Å². The van der Waals surface area contributed by atoms with Crippen molar-refractivity contribution in [1.82, 2.24) is 9.13 Å². The highest BCUT2D eigenvalue weighted by Crippen LogP contribution is 2.04. The first kappa shape index (κ1) is 13.6.